The van der Waals surface area contributed by atoms with Crippen LogP contribution in [0.3, 0.4) is 0 Å². The highest BCUT2D eigenvalue weighted by molar-refractivity contribution is 6.07. The van der Waals surface area contributed by atoms with Crippen LogP contribution in [0.4, 0.5) is 25.1 Å². The Balaban J connectivity index is 1.19. The first-order chi connectivity index (χ1) is 24.1. The van der Waals surface area contributed by atoms with Crippen molar-refractivity contribution in [2.75, 3.05) is 49.1 Å². The second-order valence-corrected chi connectivity index (χ2v) is 14.3. The third-order valence-corrected chi connectivity index (χ3v) is 11.1. The summed E-state index contributed by atoms with van der Waals surface area (Å²) in [6.07, 6.45) is 3.49. The number of anilines is 2. The highest BCUT2D eigenvalue weighted by Crippen LogP contribution is 2.42. The molecule has 5 aliphatic rings. The van der Waals surface area contributed by atoms with Crippen molar-refractivity contribution < 1.29 is 32.6 Å². The third-order valence-electron chi connectivity index (χ3n) is 11.1. The monoisotopic (exact) mass is 689 g/mol. The molecule has 12 nitrogen and oxygen atoms in total. The van der Waals surface area contributed by atoms with Crippen LogP contribution < -0.4 is 29.9 Å². The molecule has 5 aliphatic heterocycles. The van der Waals surface area contributed by atoms with Gasteiger partial charge < -0.3 is 24.6 Å². The molecule has 50 heavy (non-hydrogen) atoms. The van der Waals surface area contributed by atoms with Crippen molar-refractivity contribution >= 4 is 40.2 Å². The Morgan fingerprint density at radius 1 is 1.10 bits per heavy atom. The van der Waals surface area contributed by atoms with Crippen LogP contribution in [0.1, 0.15) is 62.8 Å². The lowest BCUT2D eigenvalue weighted by Crippen LogP contribution is -2.59. The maximum absolute atomic E-state index is 15.2. The lowest BCUT2D eigenvalue weighted by molar-refractivity contribution is -0.131. The van der Waals surface area contributed by atoms with Crippen LogP contribution in [0.2, 0.25) is 0 Å². The molecule has 1 aromatic heterocycles. The first kappa shape index (κ1) is 32.6. The van der Waals surface area contributed by atoms with Gasteiger partial charge in [0.15, 0.2) is 0 Å². The summed E-state index contributed by atoms with van der Waals surface area (Å²) in [7, 11) is 0. The fourth-order valence-corrected chi connectivity index (χ4v) is 8.90. The minimum Gasteiger partial charge on any atom is -0.461 e. The van der Waals surface area contributed by atoms with E-state index < -0.39 is 29.2 Å². The van der Waals surface area contributed by atoms with E-state index in [1.807, 2.05) is 11.8 Å². The molecule has 0 radical (unpaired) electrons. The van der Waals surface area contributed by atoms with E-state index in [9.17, 15) is 18.8 Å². The van der Waals surface area contributed by atoms with Gasteiger partial charge in [0.1, 0.15) is 35.7 Å². The number of hydrogen-bond acceptors (Lipinski definition) is 10. The van der Waals surface area contributed by atoms with Gasteiger partial charge in [0.2, 0.25) is 0 Å². The van der Waals surface area contributed by atoms with Gasteiger partial charge >= 0.3 is 18.0 Å². The number of nitrogens with one attached hydrogen (secondary N) is 2. The maximum Gasteiger partial charge on any atom is 0.322 e. The molecule has 264 valence electrons. The van der Waals surface area contributed by atoms with Crippen LogP contribution in [0.25, 0.3) is 10.8 Å². The number of nitrogens with zero attached hydrogens (tertiary/aromatic N) is 5. The number of fused-ring (bicyclic) bond motifs is 3. The second-order valence-electron chi connectivity index (χ2n) is 14.3. The summed E-state index contributed by atoms with van der Waals surface area (Å²) in [5, 5.41) is 6.75. The van der Waals surface area contributed by atoms with Crippen LogP contribution in [-0.4, -0.2) is 89.4 Å². The number of esters is 1. The first-order valence-electron chi connectivity index (χ1n) is 17.6. The summed E-state index contributed by atoms with van der Waals surface area (Å²) >= 11 is 0. The Morgan fingerprint density at radius 2 is 1.94 bits per heavy atom. The predicted octanol–water partition coefficient (Wildman–Crippen LogP) is 3.95. The van der Waals surface area contributed by atoms with Crippen molar-refractivity contribution in [3.05, 3.63) is 46.9 Å². The molecule has 0 aliphatic carbocycles. The van der Waals surface area contributed by atoms with E-state index in [0.29, 0.717) is 81.1 Å². The van der Waals surface area contributed by atoms with Crippen molar-refractivity contribution in [2.24, 2.45) is 0 Å². The van der Waals surface area contributed by atoms with Gasteiger partial charge in [0, 0.05) is 55.7 Å². The van der Waals surface area contributed by atoms with Crippen LogP contribution in [0.15, 0.2) is 24.3 Å². The minimum atomic E-state index is -1.06. The van der Waals surface area contributed by atoms with Crippen molar-refractivity contribution in [3.8, 4) is 11.8 Å². The molecule has 0 unspecified atom stereocenters. The summed E-state index contributed by atoms with van der Waals surface area (Å²) in [6, 6.07) is 6.34. The molecule has 0 bridgehead atoms. The van der Waals surface area contributed by atoms with E-state index >= 15 is 4.39 Å². The quantitative estimate of drug-likeness (QED) is 0.214. The van der Waals surface area contributed by atoms with E-state index in [2.05, 4.69) is 20.4 Å². The van der Waals surface area contributed by atoms with E-state index in [1.165, 1.54) is 13.0 Å². The van der Waals surface area contributed by atoms with E-state index in [4.69, 9.17) is 19.4 Å². The lowest BCUT2D eigenvalue weighted by atomic mass is 9.88. The van der Waals surface area contributed by atoms with Crippen LogP contribution >= 0.6 is 0 Å². The Hall–Kier alpha value is -4.59. The average molecular weight is 690 g/mol. The second kappa shape index (κ2) is 12.3. The number of carbonyl (C=O) groups is 3. The summed E-state index contributed by atoms with van der Waals surface area (Å²) in [5.41, 5.74) is 1.46. The van der Waals surface area contributed by atoms with Crippen LogP contribution in [0.5, 0.6) is 11.8 Å². The van der Waals surface area contributed by atoms with Crippen molar-refractivity contribution in [1.29, 1.82) is 0 Å². The fourth-order valence-electron chi connectivity index (χ4n) is 8.90. The standard InChI is InChI=1S/C36H41F2N7O5/c1-3-25-27(38)7-6-22-14-24(50-21(2)46)15-29(30(22)25)43-13-8-26-28(18-43)39-34(49-20-35-9-4-12-45(35)17-23(37)16-35)40-31(26)44-11-5-10-36(19-44)32(47)41-33(48)42-36/h6-7,14-15,23H,3-5,8-13,16-20H2,1-2H3,(H2,41,42,47,48)/t23-,35+,36-/m1/s1. The summed E-state index contributed by atoms with van der Waals surface area (Å²) in [6.45, 7) is 6.48. The first-order valence-corrected chi connectivity index (χ1v) is 17.6. The topological polar surface area (TPSA) is 129 Å². The molecular weight excluding hydrogens is 648 g/mol. The highest BCUT2D eigenvalue weighted by Gasteiger charge is 2.51. The van der Waals surface area contributed by atoms with Gasteiger partial charge in [0.25, 0.3) is 5.91 Å². The number of halogens is 2. The summed E-state index contributed by atoms with van der Waals surface area (Å²) < 4.78 is 41.7. The maximum atomic E-state index is 15.2. The third kappa shape index (κ3) is 5.57. The smallest absolute Gasteiger partial charge is 0.322 e. The van der Waals surface area contributed by atoms with Crippen molar-refractivity contribution in [3.63, 3.8) is 0 Å². The lowest BCUT2D eigenvalue weighted by Gasteiger charge is -2.40. The Kier molecular flexibility index (Phi) is 8.04. The van der Waals surface area contributed by atoms with Gasteiger partial charge in [-0.05, 0) is 68.2 Å². The number of alkyl halides is 1. The summed E-state index contributed by atoms with van der Waals surface area (Å²) in [4.78, 5) is 53.4. The number of amides is 3. The fraction of sp³-hybridized carbons (Fsp3) is 0.528. The number of urea groups is 1. The SMILES string of the molecule is CCc1c(F)ccc2cc(OC(C)=O)cc(N3CCc4c(nc(OC[C@@]56CCCN5C[C@H](F)C6)nc4N4CCC[C@]5(C4)NC(=O)NC5=O)C3)c12. The molecule has 6 heterocycles. The molecule has 2 aromatic carbocycles. The number of carbonyl (C=O) groups excluding carboxylic acids is 3. The van der Waals surface area contributed by atoms with Gasteiger partial charge in [-0.1, -0.05) is 13.0 Å². The number of aryl methyl sites for hydroxylation is 1. The largest absolute Gasteiger partial charge is 0.461 e. The highest BCUT2D eigenvalue weighted by atomic mass is 19.1. The Bertz CT molecular complexity index is 1910. The van der Waals surface area contributed by atoms with Gasteiger partial charge in [-0.2, -0.15) is 9.97 Å². The number of ether oxygens (including phenoxy) is 2. The summed E-state index contributed by atoms with van der Waals surface area (Å²) in [5.74, 6) is -0.0929. The Labute approximate surface area is 288 Å². The van der Waals surface area contributed by atoms with Crippen LogP contribution in [0, 0.1) is 5.82 Å². The normalized spacial score (nSPS) is 26.3. The molecule has 4 fully saturated rings. The van der Waals surface area contributed by atoms with Gasteiger partial charge in [-0.15, -0.1) is 0 Å². The van der Waals surface area contributed by atoms with Gasteiger partial charge in [0.05, 0.1) is 24.3 Å². The van der Waals surface area contributed by atoms with E-state index in [1.54, 1.807) is 18.2 Å². The predicted molar refractivity (Wildman–Crippen MR) is 181 cm³/mol. The zero-order valence-electron chi connectivity index (χ0n) is 28.3. The van der Waals surface area contributed by atoms with E-state index in [0.717, 1.165) is 41.4 Å². The van der Waals surface area contributed by atoms with Crippen molar-refractivity contribution in [2.45, 2.75) is 82.6 Å². The molecule has 1 spiro atoms. The molecule has 0 saturated carbocycles. The van der Waals surface area contributed by atoms with Gasteiger partial charge in [-0.25, -0.2) is 13.6 Å². The molecule has 2 N–H and O–H groups in total. The molecule has 3 aromatic rings. The average Bonchev–Trinajstić information content (AvgIpc) is 3.70. The molecular formula is C36H41F2N7O5. The number of benzene rings is 2. The van der Waals surface area contributed by atoms with E-state index in [-0.39, 0.29) is 30.9 Å². The minimum absolute atomic E-state index is 0.169. The molecule has 3 atom stereocenters. The number of piperidine rings is 1. The molecule has 4 saturated heterocycles. The number of imide groups is 1. The number of aromatic nitrogens is 2. The zero-order chi connectivity index (χ0) is 34.8. The molecule has 14 heteroatoms. The van der Waals surface area contributed by atoms with Gasteiger partial charge in [-0.3, -0.25) is 19.8 Å². The molecule has 3 amide bonds. The number of hydrogen-bond donors (Lipinski definition) is 2. The zero-order valence-corrected chi connectivity index (χ0v) is 28.3. The molecule has 8 rings (SSSR count). The van der Waals surface area contributed by atoms with Crippen molar-refractivity contribution in [1.82, 2.24) is 25.5 Å². The number of rotatable bonds is 7. The Morgan fingerprint density at radius 3 is 2.72 bits per heavy atom. The van der Waals surface area contributed by atoms with Crippen LogP contribution in [-0.2, 0) is 29.0 Å².